The molecule has 1 heterocycles. The fourth-order valence-corrected chi connectivity index (χ4v) is 3.43. The number of rotatable bonds is 7. The van der Waals surface area contributed by atoms with Crippen molar-refractivity contribution in [3.63, 3.8) is 0 Å². The second-order valence-corrected chi connectivity index (χ2v) is 7.20. The third kappa shape index (κ3) is 4.10. The summed E-state index contributed by atoms with van der Waals surface area (Å²) in [6, 6.07) is 18.1. The molecule has 4 rings (SSSR count). The average molecular weight is 417 g/mol. The van der Waals surface area contributed by atoms with Crippen LogP contribution in [0.1, 0.15) is 30.6 Å². The number of benzene rings is 3. The number of para-hydroxylation sites is 1. The van der Waals surface area contributed by atoms with Crippen LogP contribution in [0.25, 0.3) is 21.9 Å². The first-order valence-electron chi connectivity index (χ1n) is 10.1. The first-order chi connectivity index (χ1) is 15.0. The van der Waals surface area contributed by atoms with E-state index in [1.807, 2.05) is 37.3 Å². The van der Waals surface area contributed by atoms with Gasteiger partial charge in [0, 0.05) is 28.8 Å². The van der Waals surface area contributed by atoms with E-state index in [-0.39, 0.29) is 11.7 Å². The molecule has 0 radical (unpaired) electrons. The lowest BCUT2D eigenvalue weighted by Crippen LogP contribution is -2.30. The van der Waals surface area contributed by atoms with Crippen molar-refractivity contribution in [2.24, 2.45) is 0 Å². The highest BCUT2D eigenvalue weighted by atomic mass is 16.5. The van der Waals surface area contributed by atoms with Gasteiger partial charge >= 0.3 is 0 Å². The van der Waals surface area contributed by atoms with E-state index < -0.39 is 6.10 Å². The fourth-order valence-electron chi connectivity index (χ4n) is 3.43. The summed E-state index contributed by atoms with van der Waals surface area (Å²) in [5.41, 5.74) is 2.54. The Hall–Kier alpha value is -3.80. The fraction of sp³-hybridized carbons (Fsp3) is 0.200. The molecule has 3 aromatic carbocycles. The van der Waals surface area contributed by atoms with Gasteiger partial charge in [-0.1, -0.05) is 25.1 Å². The Morgan fingerprint density at radius 3 is 2.45 bits per heavy atom. The first-order valence-corrected chi connectivity index (χ1v) is 10.1. The van der Waals surface area contributed by atoms with Crippen LogP contribution >= 0.6 is 0 Å². The SMILES string of the molecule is CCC(=O)c1ccc(O[C@@H](C)C(=O)Nc2cc3oc4ccccc4c3cc2OC)cc1. The molecule has 31 heavy (non-hydrogen) atoms. The van der Waals surface area contributed by atoms with Crippen molar-refractivity contribution >= 4 is 39.3 Å². The summed E-state index contributed by atoms with van der Waals surface area (Å²) < 4.78 is 17.1. The molecule has 6 heteroatoms. The second kappa shape index (κ2) is 8.52. The molecule has 6 nitrogen and oxygen atoms in total. The number of hydrogen-bond donors (Lipinski definition) is 1. The molecule has 0 unspecified atom stereocenters. The molecule has 4 aromatic rings. The third-order valence-corrected chi connectivity index (χ3v) is 5.14. The Bertz CT molecular complexity index is 1260. The van der Waals surface area contributed by atoms with E-state index in [0.717, 1.165) is 16.4 Å². The number of hydrogen-bond acceptors (Lipinski definition) is 5. The number of carbonyl (C=O) groups is 2. The zero-order valence-corrected chi connectivity index (χ0v) is 17.6. The summed E-state index contributed by atoms with van der Waals surface area (Å²) in [5.74, 6) is 0.768. The molecule has 1 amide bonds. The van der Waals surface area contributed by atoms with Crippen molar-refractivity contribution in [3.8, 4) is 11.5 Å². The van der Waals surface area contributed by atoms with E-state index in [0.29, 0.717) is 34.8 Å². The van der Waals surface area contributed by atoms with E-state index >= 15 is 0 Å². The summed E-state index contributed by atoms with van der Waals surface area (Å²) in [6.07, 6.45) is -0.319. The molecule has 0 bridgehead atoms. The van der Waals surface area contributed by atoms with Crippen molar-refractivity contribution in [1.82, 2.24) is 0 Å². The lowest BCUT2D eigenvalue weighted by atomic mass is 10.1. The number of nitrogens with one attached hydrogen (secondary N) is 1. The van der Waals surface area contributed by atoms with Crippen LogP contribution < -0.4 is 14.8 Å². The van der Waals surface area contributed by atoms with Gasteiger partial charge in [-0.05, 0) is 43.3 Å². The molecule has 158 valence electrons. The van der Waals surface area contributed by atoms with Gasteiger partial charge in [-0.2, -0.15) is 0 Å². The van der Waals surface area contributed by atoms with Gasteiger partial charge in [0.2, 0.25) is 0 Å². The smallest absolute Gasteiger partial charge is 0.265 e. The summed E-state index contributed by atoms with van der Waals surface area (Å²) in [6.45, 7) is 3.47. The molecule has 0 aliphatic rings. The molecule has 1 atom stereocenters. The van der Waals surface area contributed by atoms with Crippen molar-refractivity contribution in [2.75, 3.05) is 12.4 Å². The van der Waals surface area contributed by atoms with Crippen LogP contribution in [0, 0.1) is 0 Å². The van der Waals surface area contributed by atoms with E-state index in [1.165, 1.54) is 0 Å². The maximum Gasteiger partial charge on any atom is 0.265 e. The third-order valence-electron chi connectivity index (χ3n) is 5.14. The molecule has 1 aromatic heterocycles. The number of amides is 1. The Kier molecular flexibility index (Phi) is 5.62. The van der Waals surface area contributed by atoms with Gasteiger partial charge in [-0.15, -0.1) is 0 Å². The number of furan rings is 1. The molecular weight excluding hydrogens is 394 g/mol. The molecule has 0 fully saturated rings. The maximum absolute atomic E-state index is 12.7. The quantitative estimate of drug-likeness (QED) is 0.397. The zero-order chi connectivity index (χ0) is 22.0. The normalized spacial score (nSPS) is 12.0. The minimum atomic E-state index is -0.760. The Balaban J connectivity index is 1.53. The topological polar surface area (TPSA) is 77.8 Å². The lowest BCUT2D eigenvalue weighted by molar-refractivity contribution is -0.122. The second-order valence-electron chi connectivity index (χ2n) is 7.20. The van der Waals surface area contributed by atoms with Crippen LogP contribution in [0.3, 0.4) is 0 Å². The van der Waals surface area contributed by atoms with Crippen LogP contribution in [0.4, 0.5) is 5.69 Å². The van der Waals surface area contributed by atoms with Crippen molar-refractivity contribution in [2.45, 2.75) is 26.4 Å². The van der Waals surface area contributed by atoms with Gasteiger partial charge in [0.15, 0.2) is 11.9 Å². The number of carbonyl (C=O) groups excluding carboxylic acids is 2. The minimum absolute atomic E-state index is 0.0606. The summed E-state index contributed by atoms with van der Waals surface area (Å²) in [4.78, 5) is 24.5. The van der Waals surface area contributed by atoms with E-state index in [9.17, 15) is 9.59 Å². The molecular formula is C25H23NO5. The number of anilines is 1. The highest BCUT2D eigenvalue weighted by molar-refractivity contribution is 6.08. The van der Waals surface area contributed by atoms with E-state index in [2.05, 4.69) is 5.32 Å². The predicted molar refractivity (Wildman–Crippen MR) is 120 cm³/mol. The van der Waals surface area contributed by atoms with E-state index in [4.69, 9.17) is 13.9 Å². The molecule has 0 aliphatic carbocycles. The van der Waals surface area contributed by atoms with Crippen LogP contribution in [0.5, 0.6) is 11.5 Å². The van der Waals surface area contributed by atoms with Crippen molar-refractivity contribution in [3.05, 3.63) is 66.2 Å². The van der Waals surface area contributed by atoms with Crippen LogP contribution in [0.2, 0.25) is 0 Å². The monoisotopic (exact) mass is 417 g/mol. The molecule has 0 spiro atoms. The van der Waals surface area contributed by atoms with Gasteiger partial charge < -0.3 is 19.2 Å². The maximum atomic E-state index is 12.7. The summed E-state index contributed by atoms with van der Waals surface area (Å²) in [5, 5.41) is 4.75. The largest absolute Gasteiger partial charge is 0.495 e. The Morgan fingerprint density at radius 1 is 1.00 bits per heavy atom. The summed E-state index contributed by atoms with van der Waals surface area (Å²) >= 11 is 0. The Morgan fingerprint density at radius 2 is 1.74 bits per heavy atom. The van der Waals surface area contributed by atoms with Gasteiger partial charge in [-0.3, -0.25) is 9.59 Å². The van der Waals surface area contributed by atoms with Crippen molar-refractivity contribution in [1.29, 1.82) is 0 Å². The average Bonchev–Trinajstić information content (AvgIpc) is 3.15. The predicted octanol–water partition coefficient (Wildman–Crippen LogP) is 5.59. The van der Waals surface area contributed by atoms with Gasteiger partial charge in [0.1, 0.15) is 22.7 Å². The van der Waals surface area contributed by atoms with Crippen LogP contribution in [0.15, 0.2) is 65.1 Å². The summed E-state index contributed by atoms with van der Waals surface area (Å²) in [7, 11) is 1.55. The molecule has 0 saturated heterocycles. The van der Waals surface area contributed by atoms with Gasteiger partial charge in [-0.25, -0.2) is 0 Å². The standard InChI is InChI=1S/C25H23NO5/c1-4-21(27)16-9-11-17(12-10-16)30-15(2)25(28)26-20-14-23-19(13-24(20)29-3)18-7-5-6-8-22(18)31-23/h5-15H,4H2,1-3H3,(H,26,28)/t15-/m0/s1. The van der Waals surface area contributed by atoms with Crippen LogP contribution in [-0.4, -0.2) is 24.9 Å². The molecule has 0 saturated carbocycles. The number of ether oxygens (including phenoxy) is 2. The molecule has 1 N–H and O–H groups in total. The lowest BCUT2D eigenvalue weighted by Gasteiger charge is -2.16. The first kappa shape index (κ1) is 20.5. The van der Waals surface area contributed by atoms with Gasteiger partial charge in [0.05, 0.1) is 12.8 Å². The number of Topliss-reactive ketones (excluding diaryl/α,β-unsaturated/α-hetero) is 1. The van der Waals surface area contributed by atoms with Crippen molar-refractivity contribution < 1.29 is 23.5 Å². The zero-order valence-electron chi connectivity index (χ0n) is 17.6. The Labute approximate surface area is 179 Å². The number of ketones is 1. The van der Waals surface area contributed by atoms with Gasteiger partial charge in [0.25, 0.3) is 5.91 Å². The molecule has 0 aliphatic heterocycles. The highest BCUT2D eigenvalue weighted by Crippen LogP contribution is 2.36. The van der Waals surface area contributed by atoms with Crippen LogP contribution in [-0.2, 0) is 4.79 Å². The minimum Gasteiger partial charge on any atom is -0.495 e. The number of fused-ring (bicyclic) bond motifs is 3. The van der Waals surface area contributed by atoms with E-state index in [1.54, 1.807) is 44.4 Å². The number of methoxy groups -OCH3 is 1. The highest BCUT2D eigenvalue weighted by Gasteiger charge is 2.19.